The Morgan fingerprint density at radius 2 is 2.00 bits per heavy atom. The molecule has 0 aliphatic carbocycles. The van der Waals surface area contributed by atoms with Gasteiger partial charge in [0.25, 0.3) is 0 Å². The average molecular weight is 441 g/mol. The third-order valence-electron chi connectivity index (χ3n) is 6.15. The number of piperidine rings is 1. The molecular weight excluding hydrogens is 412 g/mol. The summed E-state index contributed by atoms with van der Waals surface area (Å²) in [6.07, 6.45) is 6.39. The van der Waals surface area contributed by atoms with Crippen LogP contribution in [-0.2, 0) is 11.2 Å². The lowest BCUT2D eigenvalue weighted by atomic mass is 9.94. The molecule has 2 aromatic rings. The summed E-state index contributed by atoms with van der Waals surface area (Å²) in [5.41, 5.74) is 3.75. The standard InChI is InChI=1S/C23H29ClN6O/c1-15(25-2)16-11-17-12-18(7-8-20(17)29(3)21(31)13-16)27-22-19(24)14-26-23(28-22)30-9-5-4-6-10-30/h7-8,12,14,16,25H,1,4-6,9-11,13H2,2-3H3,(H,26,27,28). The van der Waals surface area contributed by atoms with Crippen LogP contribution in [-0.4, -0.2) is 43.1 Å². The largest absolute Gasteiger partial charge is 0.392 e. The minimum Gasteiger partial charge on any atom is -0.392 e. The lowest BCUT2D eigenvalue weighted by molar-refractivity contribution is -0.118. The van der Waals surface area contributed by atoms with Crippen LogP contribution in [0.15, 0.2) is 36.7 Å². The minimum atomic E-state index is 0.0461. The quantitative estimate of drug-likeness (QED) is 0.728. The molecule has 2 aliphatic heterocycles. The smallest absolute Gasteiger partial charge is 0.227 e. The topological polar surface area (TPSA) is 73.4 Å². The van der Waals surface area contributed by atoms with Crippen LogP contribution in [0.4, 0.5) is 23.1 Å². The molecule has 3 heterocycles. The molecule has 2 N–H and O–H groups in total. The number of nitrogens with zero attached hydrogens (tertiary/aromatic N) is 4. The molecule has 7 nitrogen and oxygen atoms in total. The molecule has 8 heteroatoms. The highest BCUT2D eigenvalue weighted by Gasteiger charge is 2.27. The van der Waals surface area contributed by atoms with E-state index in [0.717, 1.165) is 55.0 Å². The van der Waals surface area contributed by atoms with Gasteiger partial charge in [0, 0.05) is 56.6 Å². The van der Waals surface area contributed by atoms with Crippen LogP contribution in [0.5, 0.6) is 0 Å². The number of fused-ring (bicyclic) bond motifs is 1. The van der Waals surface area contributed by atoms with E-state index in [9.17, 15) is 4.79 Å². The fourth-order valence-electron chi connectivity index (χ4n) is 4.25. The van der Waals surface area contributed by atoms with E-state index >= 15 is 0 Å². The van der Waals surface area contributed by atoms with Gasteiger partial charge in [-0.1, -0.05) is 18.2 Å². The Kier molecular flexibility index (Phi) is 6.32. The van der Waals surface area contributed by atoms with E-state index in [1.165, 1.54) is 6.42 Å². The molecule has 1 unspecified atom stereocenters. The van der Waals surface area contributed by atoms with Gasteiger partial charge in [-0.2, -0.15) is 4.98 Å². The molecule has 4 rings (SSSR count). The normalized spacial score (nSPS) is 18.9. The second-order valence-corrected chi connectivity index (χ2v) is 8.62. The second-order valence-electron chi connectivity index (χ2n) is 8.22. The zero-order valence-electron chi connectivity index (χ0n) is 18.1. The number of carbonyl (C=O) groups is 1. The van der Waals surface area contributed by atoms with Crippen molar-refractivity contribution in [3.63, 3.8) is 0 Å². The van der Waals surface area contributed by atoms with Gasteiger partial charge in [0.2, 0.25) is 11.9 Å². The summed E-state index contributed by atoms with van der Waals surface area (Å²) in [6.45, 7) is 6.03. The van der Waals surface area contributed by atoms with Gasteiger partial charge in [-0.3, -0.25) is 4.79 Å². The first-order valence-corrected chi connectivity index (χ1v) is 11.1. The number of hydrogen-bond donors (Lipinski definition) is 2. The fraction of sp³-hybridized carbons (Fsp3) is 0.435. The van der Waals surface area contributed by atoms with Crippen LogP contribution >= 0.6 is 11.6 Å². The number of aromatic nitrogens is 2. The van der Waals surface area contributed by atoms with Gasteiger partial charge in [-0.05, 0) is 49.4 Å². The Bertz CT molecular complexity index is 988. The lowest BCUT2D eigenvalue weighted by Crippen LogP contribution is -2.31. The van der Waals surface area contributed by atoms with Crippen molar-refractivity contribution in [2.75, 3.05) is 42.3 Å². The van der Waals surface area contributed by atoms with Gasteiger partial charge in [0.1, 0.15) is 5.02 Å². The molecule has 1 aromatic heterocycles. The number of hydrogen-bond acceptors (Lipinski definition) is 6. The fourth-order valence-corrected chi connectivity index (χ4v) is 4.39. The summed E-state index contributed by atoms with van der Waals surface area (Å²) in [6, 6.07) is 5.99. The van der Waals surface area contributed by atoms with Crippen LogP contribution < -0.4 is 20.4 Å². The number of halogens is 1. The van der Waals surface area contributed by atoms with Crippen molar-refractivity contribution in [1.29, 1.82) is 0 Å². The number of anilines is 4. The van der Waals surface area contributed by atoms with Crippen LogP contribution in [0.2, 0.25) is 5.02 Å². The molecular formula is C23H29ClN6O. The molecule has 1 atom stereocenters. The highest BCUT2D eigenvalue weighted by atomic mass is 35.5. The zero-order valence-corrected chi connectivity index (χ0v) is 18.9. The number of benzene rings is 1. The average Bonchev–Trinajstić information content (AvgIpc) is 2.91. The molecule has 31 heavy (non-hydrogen) atoms. The Morgan fingerprint density at radius 1 is 1.23 bits per heavy atom. The van der Waals surface area contributed by atoms with E-state index in [1.54, 1.807) is 11.1 Å². The van der Waals surface area contributed by atoms with Gasteiger partial charge >= 0.3 is 0 Å². The van der Waals surface area contributed by atoms with E-state index in [0.29, 0.717) is 23.2 Å². The first-order valence-electron chi connectivity index (χ1n) is 10.8. The van der Waals surface area contributed by atoms with Gasteiger partial charge in [-0.25, -0.2) is 4.98 Å². The van der Waals surface area contributed by atoms with Crippen LogP contribution in [0.25, 0.3) is 0 Å². The number of rotatable bonds is 5. The molecule has 164 valence electrons. The first-order chi connectivity index (χ1) is 15.0. The lowest BCUT2D eigenvalue weighted by Gasteiger charge is -2.27. The highest BCUT2D eigenvalue weighted by Crippen LogP contribution is 2.34. The molecule has 1 saturated heterocycles. The summed E-state index contributed by atoms with van der Waals surface area (Å²) in [5.74, 6) is 1.43. The third kappa shape index (κ3) is 4.61. The van der Waals surface area contributed by atoms with Crippen molar-refractivity contribution >= 4 is 40.6 Å². The Balaban J connectivity index is 1.61. The molecule has 0 radical (unpaired) electrons. The first kappa shape index (κ1) is 21.4. The monoisotopic (exact) mass is 440 g/mol. The number of carbonyl (C=O) groups excluding carboxylic acids is 1. The van der Waals surface area contributed by atoms with Crippen molar-refractivity contribution in [3.8, 4) is 0 Å². The molecule has 1 aromatic carbocycles. The summed E-state index contributed by atoms with van der Waals surface area (Å²) in [7, 11) is 3.67. The minimum absolute atomic E-state index is 0.0461. The van der Waals surface area contributed by atoms with Crippen LogP contribution in [0.1, 0.15) is 31.2 Å². The van der Waals surface area contributed by atoms with E-state index < -0.39 is 0 Å². The number of amides is 1. The molecule has 1 fully saturated rings. The maximum atomic E-state index is 12.6. The predicted octanol–water partition coefficient (Wildman–Crippen LogP) is 4.12. The second kappa shape index (κ2) is 9.14. The van der Waals surface area contributed by atoms with Crippen LogP contribution in [0.3, 0.4) is 0 Å². The zero-order chi connectivity index (χ0) is 22.0. The molecule has 0 saturated carbocycles. The van der Waals surface area contributed by atoms with Crippen molar-refractivity contribution in [1.82, 2.24) is 15.3 Å². The number of allylic oxidation sites excluding steroid dienone is 1. The Labute approximate surface area is 188 Å². The molecule has 0 spiro atoms. The molecule has 0 bridgehead atoms. The highest BCUT2D eigenvalue weighted by molar-refractivity contribution is 6.32. The Hall–Kier alpha value is -2.80. The van der Waals surface area contributed by atoms with Crippen molar-refractivity contribution in [3.05, 3.63) is 47.3 Å². The summed E-state index contributed by atoms with van der Waals surface area (Å²) >= 11 is 6.40. The van der Waals surface area contributed by atoms with Gasteiger partial charge in [0.05, 0.1) is 6.20 Å². The Morgan fingerprint density at radius 3 is 2.74 bits per heavy atom. The maximum Gasteiger partial charge on any atom is 0.227 e. The summed E-state index contributed by atoms with van der Waals surface area (Å²) in [4.78, 5) is 25.7. The molecule has 2 aliphatic rings. The van der Waals surface area contributed by atoms with Crippen LogP contribution in [0, 0.1) is 5.92 Å². The van der Waals surface area contributed by atoms with Crippen molar-refractivity contribution in [2.24, 2.45) is 5.92 Å². The van der Waals surface area contributed by atoms with Gasteiger partial charge < -0.3 is 20.4 Å². The van der Waals surface area contributed by atoms with Crippen molar-refractivity contribution in [2.45, 2.75) is 32.1 Å². The number of nitrogens with one attached hydrogen (secondary N) is 2. The van der Waals surface area contributed by atoms with E-state index in [4.69, 9.17) is 11.6 Å². The third-order valence-corrected chi connectivity index (χ3v) is 6.43. The maximum absolute atomic E-state index is 12.6. The predicted molar refractivity (Wildman–Crippen MR) is 126 cm³/mol. The van der Waals surface area contributed by atoms with Crippen molar-refractivity contribution < 1.29 is 4.79 Å². The molecule has 1 amide bonds. The van der Waals surface area contributed by atoms with Gasteiger partial charge in [-0.15, -0.1) is 0 Å². The summed E-state index contributed by atoms with van der Waals surface area (Å²) in [5, 5.41) is 6.94. The van der Waals surface area contributed by atoms with E-state index in [1.807, 2.05) is 26.2 Å². The van der Waals surface area contributed by atoms with E-state index in [-0.39, 0.29) is 11.8 Å². The van der Waals surface area contributed by atoms with Gasteiger partial charge in [0.15, 0.2) is 5.82 Å². The summed E-state index contributed by atoms with van der Waals surface area (Å²) < 4.78 is 0. The van der Waals surface area contributed by atoms with E-state index in [2.05, 4.69) is 38.1 Å². The SMILES string of the molecule is C=C(NC)C1CC(=O)N(C)c2ccc(Nc3nc(N4CCCCC4)ncc3Cl)cc2C1.